The third kappa shape index (κ3) is 3.55. The molecule has 1 unspecified atom stereocenters. The summed E-state index contributed by atoms with van der Waals surface area (Å²) in [5, 5.41) is 10.9. The standard InChI is InChI=1S/C12H17NO4S3/c1-8-7-19-10(12(14)15)11(8)20(16,17)13-6-9-4-2-3-5-18-9/h7,9,13H,2-6H2,1H3,(H,14,15). The van der Waals surface area contributed by atoms with Crippen molar-refractivity contribution < 1.29 is 18.3 Å². The van der Waals surface area contributed by atoms with Crippen LogP contribution in [0.3, 0.4) is 0 Å². The Balaban J connectivity index is 2.14. The first-order valence-electron chi connectivity index (χ1n) is 6.34. The molecule has 1 aliphatic rings. The molecule has 1 saturated heterocycles. The number of sulfonamides is 1. The zero-order chi connectivity index (χ0) is 14.8. The Morgan fingerprint density at radius 1 is 1.50 bits per heavy atom. The van der Waals surface area contributed by atoms with Crippen LogP contribution in [0.5, 0.6) is 0 Å². The second-order valence-electron chi connectivity index (χ2n) is 4.72. The van der Waals surface area contributed by atoms with Crippen LogP contribution in [0.4, 0.5) is 0 Å². The van der Waals surface area contributed by atoms with Gasteiger partial charge in [-0.2, -0.15) is 11.8 Å². The molecular formula is C12H17NO4S3. The maximum absolute atomic E-state index is 12.3. The van der Waals surface area contributed by atoms with Gasteiger partial charge in [0.05, 0.1) is 0 Å². The normalized spacial score (nSPS) is 19.9. The first-order valence-corrected chi connectivity index (χ1v) is 9.75. The summed E-state index contributed by atoms with van der Waals surface area (Å²) in [6.07, 6.45) is 3.31. The van der Waals surface area contributed by atoms with Crippen LogP contribution >= 0.6 is 23.1 Å². The van der Waals surface area contributed by atoms with E-state index in [9.17, 15) is 13.2 Å². The highest BCUT2D eigenvalue weighted by Gasteiger charge is 2.27. The van der Waals surface area contributed by atoms with Crippen molar-refractivity contribution in [3.8, 4) is 0 Å². The lowest BCUT2D eigenvalue weighted by atomic mass is 10.2. The second-order valence-corrected chi connectivity index (χ2v) is 8.71. The Hall–Kier alpha value is -0.570. The van der Waals surface area contributed by atoms with E-state index >= 15 is 0 Å². The number of hydrogen-bond donors (Lipinski definition) is 2. The molecular weight excluding hydrogens is 318 g/mol. The highest BCUT2D eigenvalue weighted by Crippen LogP contribution is 2.28. The molecule has 5 nitrogen and oxygen atoms in total. The number of carbonyl (C=O) groups is 1. The molecule has 2 N–H and O–H groups in total. The van der Waals surface area contributed by atoms with E-state index in [0.29, 0.717) is 12.1 Å². The Bertz CT molecular complexity index is 588. The van der Waals surface area contributed by atoms with Gasteiger partial charge in [-0.3, -0.25) is 0 Å². The topological polar surface area (TPSA) is 83.5 Å². The van der Waals surface area contributed by atoms with E-state index in [0.717, 1.165) is 29.9 Å². The zero-order valence-corrected chi connectivity index (χ0v) is 13.5. The lowest BCUT2D eigenvalue weighted by molar-refractivity contribution is 0.0698. The fourth-order valence-electron chi connectivity index (χ4n) is 2.16. The Morgan fingerprint density at radius 3 is 2.85 bits per heavy atom. The lowest BCUT2D eigenvalue weighted by Gasteiger charge is -2.21. The Labute approximate surface area is 126 Å². The minimum atomic E-state index is -3.76. The van der Waals surface area contributed by atoms with E-state index in [2.05, 4.69) is 4.72 Å². The summed E-state index contributed by atoms with van der Waals surface area (Å²) in [7, 11) is -3.76. The molecule has 2 rings (SSSR count). The van der Waals surface area contributed by atoms with Gasteiger partial charge in [-0.1, -0.05) is 6.42 Å². The third-order valence-electron chi connectivity index (χ3n) is 3.16. The predicted molar refractivity (Wildman–Crippen MR) is 81.3 cm³/mol. The van der Waals surface area contributed by atoms with E-state index in [1.165, 1.54) is 6.42 Å². The van der Waals surface area contributed by atoms with Gasteiger partial charge in [0, 0.05) is 11.8 Å². The number of aryl methyl sites for hydroxylation is 1. The molecule has 0 saturated carbocycles. The maximum Gasteiger partial charge on any atom is 0.347 e. The number of thiophene rings is 1. The van der Waals surface area contributed by atoms with E-state index in [-0.39, 0.29) is 15.0 Å². The number of nitrogens with one attached hydrogen (secondary N) is 1. The van der Waals surface area contributed by atoms with Crippen molar-refractivity contribution in [2.24, 2.45) is 0 Å². The molecule has 1 aromatic heterocycles. The molecule has 0 bridgehead atoms. The number of carboxylic acid groups (broad SMARTS) is 1. The van der Waals surface area contributed by atoms with Crippen molar-refractivity contribution in [2.45, 2.75) is 36.3 Å². The largest absolute Gasteiger partial charge is 0.477 e. The highest BCUT2D eigenvalue weighted by molar-refractivity contribution is 8.00. The Morgan fingerprint density at radius 2 is 2.25 bits per heavy atom. The first kappa shape index (κ1) is 15.8. The molecule has 1 atom stereocenters. The zero-order valence-electron chi connectivity index (χ0n) is 11.1. The number of aromatic carboxylic acids is 1. The van der Waals surface area contributed by atoms with Crippen LogP contribution in [-0.4, -0.2) is 37.0 Å². The van der Waals surface area contributed by atoms with Crippen molar-refractivity contribution in [3.05, 3.63) is 15.8 Å². The second kappa shape index (κ2) is 6.46. The van der Waals surface area contributed by atoms with Gasteiger partial charge in [0.15, 0.2) is 0 Å². The quantitative estimate of drug-likeness (QED) is 0.863. The highest BCUT2D eigenvalue weighted by atomic mass is 32.2. The molecule has 0 aliphatic carbocycles. The van der Waals surface area contributed by atoms with Crippen LogP contribution in [-0.2, 0) is 10.0 Å². The molecule has 0 radical (unpaired) electrons. The third-order valence-corrected chi connectivity index (χ3v) is 7.38. The summed E-state index contributed by atoms with van der Waals surface area (Å²) < 4.78 is 27.2. The molecule has 112 valence electrons. The van der Waals surface area contributed by atoms with Crippen molar-refractivity contribution in [1.29, 1.82) is 0 Å². The van der Waals surface area contributed by atoms with Crippen LogP contribution in [0.15, 0.2) is 10.3 Å². The van der Waals surface area contributed by atoms with E-state index in [4.69, 9.17) is 5.11 Å². The summed E-state index contributed by atoms with van der Waals surface area (Å²) in [6.45, 7) is 1.98. The van der Waals surface area contributed by atoms with Crippen LogP contribution in [0, 0.1) is 6.92 Å². The van der Waals surface area contributed by atoms with E-state index in [1.807, 2.05) is 0 Å². The maximum atomic E-state index is 12.3. The number of thioether (sulfide) groups is 1. The number of rotatable bonds is 5. The summed E-state index contributed by atoms with van der Waals surface area (Å²) in [5.41, 5.74) is 0.483. The van der Waals surface area contributed by atoms with Gasteiger partial charge in [-0.25, -0.2) is 17.9 Å². The van der Waals surface area contributed by atoms with Gasteiger partial charge in [0.25, 0.3) is 0 Å². The van der Waals surface area contributed by atoms with Crippen molar-refractivity contribution in [3.63, 3.8) is 0 Å². The molecule has 0 aromatic carbocycles. The fraction of sp³-hybridized carbons (Fsp3) is 0.583. The molecule has 1 aliphatic heterocycles. The van der Waals surface area contributed by atoms with Crippen LogP contribution in [0.25, 0.3) is 0 Å². The monoisotopic (exact) mass is 335 g/mol. The SMILES string of the molecule is Cc1csc(C(=O)O)c1S(=O)(=O)NCC1CCCCS1. The number of hydrogen-bond acceptors (Lipinski definition) is 5. The van der Waals surface area contributed by atoms with Gasteiger partial charge in [-0.05, 0) is 36.5 Å². The fourth-order valence-corrected chi connectivity index (χ4v) is 6.21. The molecule has 2 heterocycles. The van der Waals surface area contributed by atoms with Gasteiger partial charge in [0.1, 0.15) is 9.77 Å². The predicted octanol–water partition coefficient (Wildman–Crippen LogP) is 2.32. The minimum absolute atomic E-state index is 0.0872. The minimum Gasteiger partial charge on any atom is -0.477 e. The Kier molecular flexibility index (Phi) is 5.11. The lowest BCUT2D eigenvalue weighted by Crippen LogP contribution is -2.32. The summed E-state index contributed by atoms with van der Waals surface area (Å²) in [4.78, 5) is 10.9. The average molecular weight is 335 g/mol. The average Bonchev–Trinajstić information content (AvgIpc) is 2.81. The van der Waals surface area contributed by atoms with Crippen molar-refractivity contribution in [2.75, 3.05) is 12.3 Å². The molecule has 1 aromatic rings. The van der Waals surface area contributed by atoms with Crippen LogP contribution in [0.2, 0.25) is 0 Å². The summed E-state index contributed by atoms with van der Waals surface area (Å²) in [6, 6.07) is 0. The summed E-state index contributed by atoms with van der Waals surface area (Å²) >= 11 is 2.72. The van der Waals surface area contributed by atoms with Crippen LogP contribution in [0.1, 0.15) is 34.5 Å². The molecule has 0 spiro atoms. The van der Waals surface area contributed by atoms with E-state index in [1.54, 1.807) is 24.1 Å². The van der Waals surface area contributed by atoms with Gasteiger partial charge in [0.2, 0.25) is 10.0 Å². The molecule has 20 heavy (non-hydrogen) atoms. The van der Waals surface area contributed by atoms with Crippen molar-refractivity contribution in [1.82, 2.24) is 4.72 Å². The van der Waals surface area contributed by atoms with Gasteiger partial charge in [-0.15, -0.1) is 11.3 Å². The smallest absolute Gasteiger partial charge is 0.347 e. The van der Waals surface area contributed by atoms with Crippen molar-refractivity contribution >= 4 is 39.1 Å². The molecule has 1 fully saturated rings. The first-order chi connectivity index (χ1) is 9.42. The van der Waals surface area contributed by atoms with Crippen LogP contribution < -0.4 is 4.72 Å². The van der Waals surface area contributed by atoms with Gasteiger partial charge < -0.3 is 5.11 Å². The molecule has 0 amide bonds. The molecule has 8 heteroatoms. The van der Waals surface area contributed by atoms with Gasteiger partial charge >= 0.3 is 5.97 Å². The number of carboxylic acids is 1. The summed E-state index contributed by atoms with van der Waals surface area (Å²) in [5.74, 6) is -0.139. The van der Waals surface area contributed by atoms with E-state index < -0.39 is 16.0 Å².